The van der Waals surface area contributed by atoms with Crippen LogP contribution in [0.4, 0.5) is 0 Å². The van der Waals surface area contributed by atoms with E-state index in [1.165, 1.54) is 0 Å². The van der Waals surface area contributed by atoms with Crippen LogP contribution < -0.4 is 10.0 Å². The lowest BCUT2D eigenvalue weighted by Crippen LogP contribution is -2.42. The molecule has 0 spiro atoms. The van der Waals surface area contributed by atoms with Gasteiger partial charge in [0.15, 0.2) is 0 Å². The van der Waals surface area contributed by atoms with Crippen molar-refractivity contribution in [3.8, 4) is 0 Å². The number of aliphatic hydroxyl groups is 1. The van der Waals surface area contributed by atoms with Crippen molar-refractivity contribution >= 4 is 10.0 Å². The summed E-state index contributed by atoms with van der Waals surface area (Å²) in [5.41, 5.74) is -0.823. The van der Waals surface area contributed by atoms with Crippen molar-refractivity contribution in [3.63, 3.8) is 0 Å². The quantitative estimate of drug-likeness (QED) is 0.632. The first-order valence-corrected chi connectivity index (χ1v) is 7.27. The number of rotatable bonds is 5. The Morgan fingerprint density at radius 1 is 1.38 bits per heavy atom. The fourth-order valence-electron chi connectivity index (χ4n) is 1.72. The number of hydrogen-bond acceptors (Lipinski definition) is 4. The van der Waals surface area contributed by atoms with Gasteiger partial charge < -0.3 is 10.4 Å². The third-order valence-electron chi connectivity index (χ3n) is 2.77. The first-order valence-electron chi connectivity index (χ1n) is 5.73. The topological polar surface area (TPSA) is 78.4 Å². The van der Waals surface area contributed by atoms with E-state index in [0.29, 0.717) is 25.8 Å². The van der Waals surface area contributed by atoms with E-state index in [-0.39, 0.29) is 5.25 Å². The molecule has 0 aromatic heterocycles. The largest absolute Gasteiger partial charge is 0.390 e. The summed E-state index contributed by atoms with van der Waals surface area (Å²) in [5.74, 6) is 0. The number of sulfonamides is 1. The zero-order valence-corrected chi connectivity index (χ0v) is 10.8. The molecule has 0 unspecified atom stereocenters. The highest BCUT2D eigenvalue weighted by atomic mass is 32.2. The summed E-state index contributed by atoms with van der Waals surface area (Å²) in [6.45, 7) is 5.17. The maximum absolute atomic E-state index is 11.9. The monoisotopic (exact) mass is 250 g/mol. The Morgan fingerprint density at radius 3 is 2.44 bits per heavy atom. The second kappa shape index (κ2) is 5.44. The van der Waals surface area contributed by atoms with E-state index in [2.05, 4.69) is 10.0 Å². The molecule has 96 valence electrons. The molecule has 0 aromatic carbocycles. The van der Waals surface area contributed by atoms with Gasteiger partial charge in [0.1, 0.15) is 0 Å². The predicted molar refractivity (Wildman–Crippen MR) is 63.7 cm³/mol. The summed E-state index contributed by atoms with van der Waals surface area (Å²) >= 11 is 0. The molecule has 1 rings (SSSR count). The van der Waals surface area contributed by atoms with E-state index in [9.17, 15) is 13.5 Å². The van der Waals surface area contributed by atoms with Crippen LogP contribution >= 0.6 is 0 Å². The van der Waals surface area contributed by atoms with Gasteiger partial charge in [-0.3, -0.25) is 0 Å². The molecule has 1 saturated heterocycles. The Morgan fingerprint density at radius 2 is 1.94 bits per heavy atom. The first-order chi connectivity index (χ1) is 7.31. The van der Waals surface area contributed by atoms with Gasteiger partial charge in [0.2, 0.25) is 10.0 Å². The van der Waals surface area contributed by atoms with Crippen LogP contribution in [-0.2, 0) is 10.0 Å². The minimum Gasteiger partial charge on any atom is -0.390 e. The summed E-state index contributed by atoms with van der Waals surface area (Å²) in [7, 11) is -3.21. The number of hydrogen-bond donors (Lipinski definition) is 3. The van der Waals surface area contributed by atoms with E-state index < -0.39 is 15.6 Å². The van der Waals surface area contributed by atoms with Gasteiger partial charge >= 0.3 is 0 Å². The molecule has 0 atom stereocenters. The SMILES string of the molecule is CC(C)(O)CCNS(=O)(=O)C1CCNCC1. The average Bonchev–Trinajstić information content (AvgIpc) is 2.17. The Kier molecular flexibility index (Phi) is 4.73. The lowest BCUT2D eigenvalue weighted by molar-refractivity contribution is 0.0727. The van der Waals surface area contributed by atoms with Gasteiger partial charge in [-0.25, -0.2) is 13.1 Å². The molecule has 0 aromatic rings. The molecular formula is C10H22N2O3S. The van der Waals surface area contributed by atoms with Crippen LogP contribution in [0.3, 0.4) is 0 Å². The fraction of sp³-hybridized carbons (Fsp3) is 1.00. The van der Waals surface area contributed by atoms with Crippen molar-refractivity contribution in [2.45, 2.75) is 44.0 Å². The second-order valence-corrected chi connectivity index (χ2v) is 7.00. The third kappa shape index (κ3) is 4.78. The van der Waals surface area contributed by atoms with E-state index in [0.717, 1.165) is 13.1 Å². The van der Waals surface area contributed by atoms with Crippen LogP contribution in [0.2, 0.25) is 0 Å². The molecule has 1 fully saturated rings. The molecule has 0 bridgehead atoms. The highest BCUT2D eigenvalue weighted by molar-refractivity contribution is 7.90. The number of piperidine rings is 1. The maximum atomic E-state index is 11.9. The molecule has 6 heteroatoms. The van der Waals surface area contributed by atoms with E-state index in [1.807, 2.05) is 0 Å². The first kappa shape index (κ1) is 13.9. The summed E-state index contributed by atoms with van der Waals surface area (Å²) < 4.78 is 26.3. The third-order valence-corrected chi connectivity index (χ3v) is 4.72. The molecule has 3 N–H and O–H groups in total. The van der Waals surface area contributed by atoms with Crippen molar-refractivity contribution in [2.24, 2.45) is 0 Å². The van der Waals surface area contributed by atoms with Crippen LogP contribution in [0.1, 0.15) is 33.1 Å². The van der Waals surface area contributed by atoms with Crippen molar-refractivity contribution in [1.82, 2.24) is 10.0 Å². The molecule has 0 saturated carbocycles. The summed E-state index contributed by atoms with van der Waals surface area (Å²) in [5, 5.41) is 12.3. The van der Waals surface area contributed by atoms with Gasteiger partial charge in [-0.05, 0) is 46.2 Å². The van der Waals surface area contributed by atoms with E-state index in [1.54, 1.807) is 13.8 Å². The predicted octanol–water partition coefficient (Wildman–Crippen LogP) is -0.181. The molecule has 5 nitrogen and oxygen atoms in total. The van der Waals surface area contributed by atoms with Crippen LogP contribution in [-0.4, -0.2) is 44.0 Å². The van der Waals surface area contributed by atoms with E-state index >= 15 is 0 Å². The van der Waals surface area contributed by atoms with Crippen LogP contribution in [0.25, 0.3) is 0 Å². The molecular weight excluding hydrogens is 228 g/mol. The van der Waals surface area contributed by atoms with Crippen LogP contribution in [0.15, 0.2) is 0 Å². The minimum absolute atomic E-state index is 0.282. The van der Waals surface area contributed by atoms with Crippen molar-refractivity contribution in [2.75, 3.05) is 19.6 Å². The Bertz CT molecular complexity index is 303. The molecule has 0 amide bonds. The number of nitrogens with one attached hydrogen (secondary N) is 2. The molecule has 0 aliphatic carbocycles. The van der Waals surface area contributed by atoms with Crippen molar-refractivity contribution < 1.29 is 13.5 Å². The Hall–Kier alpha value is -0.170. The zero-order chi connectivity index (χ0) is 12.2. The van der Waals surface area contributed by atoms with Gasteiger partial charge in [0.25, 0.3) is 0 Å². The Balaban J connectivity index is 2.39. The normalized spacial score (nSPS) is 19.9. The summed E-state index contributed by atoms with van der Waals surface area (Å²) in [4.78, 5) is 0. The van der Waals surface area contributed by atoms with Crippen LogP contribution in [0.5, 0.6) is 0 Å². The highest BCUT2D eigenvalue weighted by Gasteiger charge is 2.27. The van der Waals surface area contributed by atoms with Gasteiger partial charge in [-0.2, -0.15) is 0 Å². The summed E-state index contributed by atoms with van der Waals surface area (Å²) in [6, 6.07) is 0. The van der Waals surface area contributed by atoms with Crippen molar-refractivity contribution in [3.05, 3.63) is 0 Å². The second-order valence-electron chi connectivity index (χ2n) is 4.95. The Labute approximate surface area is 97.7 Å². The van der Waals surface area contributed by atoms with Gasteiger partial charge in [0.05, 0.1) is 10.9 Å². The molecule has 1 aliphatic heterocycles. The average molecular weight is 250 g/mol. The van der Waals surface area contributed by atoms with Gasteiger partial charge in [-0.1, -0.05) is 0 Å². The van der Waals surface area contributed by atoms with E-state index in [4.69, 9.17) is 0 Å². The van der Waals surface area contributed by atoms with Crippen molar-refractivity contribution in [1.29, 1.82) is 0 Å². The molecule has 0 radical (unpaired) electrons. The molecule has 16 heavy (non-hydrogen) atoms. The molecule has 1 heterocycles. The maximum Gasteiger partial charge on any atom is 0.214 e. The van der Waals surface area contributed by atoms with Gasteiger partial charge in [-0.15, -0.1) is 0 Å². The van der Waals surface area contributed by atoms with Crippen LogP contribution in [0, 0.1) is 0 Å². The highest BCUT2D eigenvalue weighted by Crippen LogP contribution is 2.12. The fourth-order valence-corrected chi connectivity index (χ4v) is 3.20. The minimum atomic E-state index is -3.21. The lowest BCUT2D eigenvalue weighted by atomic mass is 10.1. The smallest absolute Gasteiger partial charge is 0.214 e. The molecule has 1 aliphatic rings. The van der Waals surface area contributed by atoms with Gasteiger partial charge in [0, 0.05) is 6.54 Å². The standard InChI is InChI=1S/C10H22N2O3S/c1-10(2,13)5-8-12-16(14,15)9-3-6-11-7-4-9/h9,11-13H,3-8H2,1-2H3. The zero-order valence-electron chi connectivity index (χ0n) is 9.99. The summed E-state index contributed by atoms with van der Waals surface area (Å²) in [6.07, 6.45) is 1.76. The lowest BCUT2D eigenvalue weighted by Gasteiger charge is -2.24.